The molecule has 1 saturated heterocycles. The second-order valence-electron chi connectivity index (χ2n) is 10.1. The minimum Gasteiger partial charge on any atom is -0.343 e. The Morgan fingerprint density at radius 2 is 1.90 bits per heavy atom. The van der Waals surface area contributed by atoms with E-state index in [1.165, 1.54) is 19.3 Å². The van der Waals surface area contributed by atoms with Gasteiger partial charge in [0.2, 0.25) is 11.8 Å². The number of anilines is 1. The summed E-state index contributed by atoms with van der Waals surface area (Å²) in [6.07, 6.45) is 8.86. The number of hydrogen-bond acceptors (Lipinski definition) is 3. The van der Waals surface area contributed by atoms with Gasteiger partial charge in [0.25, 0.3) is 5.56 Å². The molecule has 2 heterocycles. The summed E-state index contributed by atoms with van der Waals surface area (Å²) in [7, 11) is 0. The van der Waals surface area contributed by atoms with E-state index in [4.69, 9.17) is 0 Å². The van der Waals surface area contributed by atoms with Crippen LogP contribution in [0, 0.1) is 23.2 Å². The van der Waals surface area contributed by atoms with Gasteiger partial charge in [-0.3, -0.25) is 14.4 Å². The van der Waals surface area contributed by atoms with Crippen LogP contribution in [0.4, 0.5) is 5.69 Å². The van der Waals surface area contributed by atoms with Crippen molar-refractivity contribution in [2.24, 2.45) is 23.2 Å². The number of nitrogens with one attached hydrogen (secondary N) is 1. The molecular formula is C25H29N3O3. The lowest BCUT2D eigenvalue weighted by Crippen LogP contribution is -2.53. The van der Waals surface area contributed by atoms with Gasteiger partial charge in [0.05, 0.1) is 5.41 Å². The predicted molar refractivity (Wildman–Crippen MR) is 119 cm³/mol. The minimum atomic E-state index is -0.144. The Balaban J connectivity index is 1.21. The molecule has 1 aliphatic heterocycles. The van der Waals surface area contributed by atoms with Crippen LogP contribution in [0.3, 0.4) is 0 Å². The van der Waals surface area contributed by atoms with E-state index in [0.29, 0.717) is 36.7 Å². The zero-order valence-corrected chi connectivity index (χ0v) is 17.8. The first-order valence-corrected chi connectivity index (χ1v) is 11.8. The normalized spacial score (nSPS) is 30.8. The third-order valence-electron chi connectivity index (χ3n) is 8.58. The second kappa shape index (κ2) is 6.94. The molecule has 162 valence electrons. The number of aryl methyl sites for hydroxylation is 1. The fraction of sp³-hybridized carbons (Fsp3) is 0.560. The molecule has 3 aliphatic carbocycles. The van der Waals surface area contributed by atoms with Crippen molar-refractivity contribution in [2.45, 2.75) is 51.5 Å². The van der Waals surface area contributed by atoms with E-state index >= 15 is 0 Å². The highest BCUT2D eigenvalue weighted by Gasteiger charge is 2.68. The van der Waals surface area contributed by atoms with Gasteiger partial charge in [-0.15, -0.1) is 0 Å². The number of hydrogen-bond donors (Lipinski definition) is 1. The Bertz CT molecular complexity index is 1120. The van der Waals surface area contributed by atoms with Gasteiger partial charge in [0.15, 0.2) is 0 Å². The summed E-state index contributed by atoms with van der Waals surface area (Å²) < 4.78 is 1.72. The number of benzene rings is 1. The van der Waals surface area contributed by atoms with E-state index in [1.807, 2.05) is 35.4 Å². The summed E-state index contributed by atoms with van der Waals surface area (Å²) in [5.41, 5.74) is 0.567. The van der Waals surface area contributed by atoms with Gasteiger partial charge in [0, 0.05) is 48.7 Å². The van der Waals surface area contributed by atoms with Gasteiger partial charge in [-0.05, 0) is 74.5 Å². The zero-order valence-electron chi connectivity index (χ0n) is 17.8. The number of pyridine rings is 1. The molecule has 6 rings (SSSR count). The highest BCUT2D eigenvalue weighted by molar-refractivity contribution is 6.04. The smallest absolute Gasteiger partial charge is 0.258 e. The maximum absolute atomic E-state index is 13.3. The Hall–Kier alpha value is -2.63. The molecule has 1 aromatic heterocycles. The van der Waals surface area contributed by atoms with Gasteiger partial charge in [-0.1, -0.05) is 6.07 Å². The van der Waals surface area contributed by atoms with Gasteiger partial charge in [0.1, 0.15) is 0 Å². The summed E-state index contributed by atoms with van der Waals surface area (Å²) in [6.45, 7) is 2.12. The van der Waals surface area contributed by atoms with Crippen LogP contribution in [0.5, 0.6) is 0 Å². The molecule has 0 spiro atoms. The molecule has 4 aliphatic rings. The van der Waals surface area contributed by atoms with Crippen LogP contribution in [0.1, 0.15) is 44.9 Å². The Labute approximate surface area is 181 Å². The molecular weight excluding hydrogens is 390 g/mol. The zero-order chi connectivity index (χ0) is 21.2. The number of likely N-dealkylation sites (tertiary alicyclic amines) is 1. The molecule has 31 heavy (non-hydrogen) atoms. The second-order valence-corrected chi connectivity index (χ2v) is 10.1. The summed E-state index contributed by atoms with van der Waals surface area (Å²) in [5.74, 6) is 2.25. The van der Waals surface area contributed by atoms with Crippen molar-refractivity contribution in [3.8, 4) is 0 Å². The average molecular weight is 420 g/mol. The lowest BCUT2D eigenvalue weighted by molar-refractivity contribution is -0.141. The first-order chi connectivity index (χ1) is 15.1. The molecule has 0 radical (unpaired) electrons. The van der Waals surface area contributed by atoms with E-state index in [2.05, 4.69) is 5.32 Å². The lowest BCUT2D eigenvalue weighted by atomic mass is 9.53. The van der Waals surface area contributed by atoms with Crippen molar-refractivity contribution in [3.05, 3.63) is 40.8 Å². The molecule has 2 amide bonds. The fourth-order valence-corrected chi connectivity index (χ4v) is 7.11. The number of carbonyl (C=O) groups is 2. The van der Waals surface area contributed by atoms with Crippen LogP contribution < -0.4 is 10.9 Å². The molecule has 1 N–H and O–H groups in total. The van der Waals surface area contributed by atoms with E-state index in [-0.39, 0.29) is 22.8 Å². The minimum absolute atomic E-state index is 0.0378. The molecule has 6 nitrogen and oxygen atoms in total. The predicted octanol–water partition coefficient (Wildman–Crippen LogP) is 3.39. The number of nitrogens with zero attached hydrogens (tertiary/aromatic N) is 2. The van der Waals surface area contributed by atoms with Crippen LogP contribution in [-0.2, 0) is 16.1 Å². The summed E-state index contributed by atoms with van der Waals surface area (Å²) >= 11 is 0. The van der Waals surface area contributed by atoms with Crippen molar-refractivity contribution in [1.29, 1.82) is 0 Å². The molecule has 4 fully saturated rings. The number of fused-ring (bicyclic) bond motifs is 2. The number of carbonyl (C=O) groups excluding carboxylic acids is 2. The van der Waals surface area contributed by atoms with Crippen LogP contribution in [0.25, 0.3) is 10.8 Å². The first kappa shape index (κ1) is 19.1. The largest absolute Gasteiger partial charge is 0.343 e. The van der Waals surface area contributed by atoms with Crippen LogP contribution >= 0.6 is 0 Å². The number of aromatic nitrogens is 1. The molecule has 0 unspecified atom stereocenters. The molecule has 3 saturated carbocycles. The average Bonchev–Trinajstić information content (AvgIpc) is 3.39. The standard InChI is InChI=1S/C25H29N3O3/c29-22-6-2-8-27(22)9-3-10-28-11-7-19-20(23(28)30)4-1-5-21(19)26-24(31)25-15-16-12-17(25)14-18(25)13-16/h1,4-5,7,11,16-18H,2-3,6,8-10,12-15H2,(H,26,31)/t16-,17-,18-,25-/m0/s1. The van der Waals surface area contributed by atoms with Gasteiger partial charge >= 0.3 is 0 Å². The monoisotopic (exact) mass is 419 g/mol. The first-order valence-electron chi connectivity index (χ1n) is 11.8. The van der Waals surface area contributed by atoms with E-state index < -0.39 is 0 Å². The molecule has 2 atom stereocenters. The lowest BCUT2D eigenvalue weighted by Gasteiger charge is -2.51. The topological polar surface area (TPSA) is 71.4 Å². The highest BCUT2D eigenvalue weighted by atomic mass is 16.2. The Kier molecular flexibility index (Phi) is 4.27. The van der Waals surface area contributed by atoms with Gasteiger partial charge < -0.3 is 14.8 Å². The van der Waals surface area contributed by atoms with E-state index in [9.17, 15) is 14.4 Å². The highest BCUT2D eigenvalue weighted by Crippen LogP contribution is 2.71. The summed E-state index contributed by atoms with van der Waals surface area (Å²) in [5, 5.41) is 4.65. The number of amides is 2. The van der Waals surface area contributed by atoms with Crippen LogP contribution in [-0.4, -0.2) is 34.4 Å². The quantitative estimate of drug-likeness (QED) is 0.780. The third kappa shape index (κ3) is 2.80. The van der Waals surface area contributed by atoms with Gasteiger partial charge in [-0.25, -0.2) is 0 Å². The fourth-order valence-electron chi connectivity index (χ4n) is 7.11. The van der Waals surface area contributed by atoms with Crippen molar-refractivity contribution >= 4 is 28.3 Å². The molecule has 2 aromatic rings. The van der Waals surface area contributed by atoms with E-state index in [1.54, 1.807) is 4.57 Å². The molecule has 6 heteroatoms. The van der Waals surface area contributed by atoms with Crippen LogP contribution in [0.15, 0.2) is 35.3 Å². The Morgan fingerprint density at radius 3 is 2.61 bits per heavy atom. The number of rotatable bonds is 6. The SMILES string of the molecule is O=C1CCCN1CCCn1ccc2c(NC(=O)[C@]34C[C@@H]5C[C@H]3C[C@@H]4C5)cccc2c1=O. The van der Waals surface area contributed by atoms with E-state index in [0.717, 1.165) is 42.8 Å². The maximum atomic E-state index is 13.3. The van der Waals surface area contributed by atoms with Gasteiger partial charge in [-0.2, -0.15) is 0 Å². The third-order valence-corrected chi connectivity index (χ3v) is 8.58. The van der Waals surface area contributed by atoms with Crippen molar-refractivity contribution in [3.63, 3.8) is 0 Å². The van der Waals surface area contributed by atoms with Crippen molar-refractivity contribution in [2.75, 3.05) is 18.4 Å². The summed E-state index contributed by atoms with van der Waals surface area (Å²) in [4.78, 5) is 40.0. The van der Waals surface area contributed by atoms with Crippen LogP contribution in [0.2, 0.25) is 0 Å². The molecule has 2 bridgehead atoms. The van der Waals surface area contributed by atoms with Crippen molar-refractivity contribution in [1.82, 2.24) is 9.47 Å². The van der Waals surface area contributed by atoms with Crippen molar-refractivity contribution < 1.29 is 9.59 Å². The molecule has 1 aromatic carbocycles. The summed E-state index contributed by atoms with van der Waals surface area (Å²) in [6, 6.07) is 7.55. The Morgan fingerprint density at radius 1 is 1.06 bits per heavy atom. The maximum Gasteiger partial charge on any atom is 0.258 e.